The summed E-state index contributed by atoms with van der Waals surface area (Å²) in [7, 11) is 0. The molecule has 0 radical (unpaired) electrons. The van der Waals surface area contributed by atoms with Gasteiger partial charge in [-0.2, -0.15) is 0 Å². The number of nitrogens with one attached hydrogen (secondary N) is 1. The molecule has 0 unspecified atom stereocenters. The number of carbonyl (C=O) groups is 1. The van der Waals surface area contributed by atoms with Gasteiger partial charge in [-0.25, -0.2) is 4.98 Å². The Bertz CT molecular complexity index is 507. The Morgan fingerprint density at radius 2 is 2.24 bits per heavy atom. The topological polar surface area (TPSA) is 86.3 Å². The summed E-state index contributed by atoms with van der Waals surface area (Å²) in [6.45, 7) is 5.31. The predicted molar refractivity (Wildman–Crippen MR) is 60.6 cm³/mol. The van der Waals surface area contributed by atoms with Gasteiger partial charge in [0.1, 0.15) is 12.2 Å². The van der Waals surface area contributed by atoms with Gasteiger partial charge in [-0.1, -0.05) is 0 Å². The Balaban J connectivity index is 2.32. The van der Waals surface area contributed by atoms with Crippen molar-refractivity contribution in [3.05, 3.63) is 27.4 Å². The third-order valence-corrected chi connectivity index (χ3v) is 2.91. The van der Waals surface area contributed by atoms with Crippen molar-refractivity contribution in [2.75, 3.05) is 0 Å². The van der Waals surface area contributed by atoms with Gasteiger partial charge in [-0.15, -0.1) is 0 Å². The Morgan fingerprint density at radius 3 is 2.82 bits per heavy atom. The van der Waals surface area contributed by atoms with Crippen LogP contribution in [0.1, 0.15) is 30.9 Å². The van der Waals surface area contributed by atoms with E-state index in [-0.39, 0.29) is 17.8 Å². The highest BCUT2D eigenvalue weighted by molar-refractivity contribution is 5.68. The van der Waals surface area contributed by atoms with E-state index < -0.39 is 5.97 Å². The van der Waals surface area contributed by atoms with Crippen molar-refractivity contribution in [2.24, 2.45) is 0 Å². The smallest absolute Gasteiger partial charge is 0.311 e. The first-order chi connectivity index (χ1) is 7.97. The zero-order valence-electron chi connectivity index (χ0n) is 9.86. The molecule has 0 saturated heterocycles. The number of aromatic nitrogens is 2. The Hall–Kier alpha value is -1.69. The van der Waals surface area contributed by atoms with Gasteiger partial charge in [0.15, 0.2) is 0 Å². The number of nitrogens with zero attached hydrogens (tertiary/aromatic N) is 2. The third-order valence-electron chi connectivity index (χ3n) is 2.91. The summed E-state index contributed by atoms with van der Waals surface area (Å²) >= 11 is 0. The monoisotopic (exact) mass is 237 g/mol. The van der Waals surface area contributed by atoms with E-state index in [4.69, 9.17) is 5.11 Å². The van der Waals surface area contributed by atoms with Crippen molar-refractivity contribution >= 4 is 5.97 Å². The molecule has 1 aliphatic heterocycles. The van der Waals surface area contributed by atoms with Crippen LogP contribution in [0.4, 0.5) is 0 Å². The normalized spacial score (nSPS) is 15.2. The lowest BCUT2D eigenvalue weighted by Crippen LogP contribution is -2.25. The minimum atomic E-state index is -0.994. The van der Waals surface area contributed by atoms with E-state index >= 15 is 0 Å². The van der Waals surface area contributed by atoms with Crippen molar-refractivity contribution in [3.63, 3.8) is 0 Å². The van der Waals surface area contributed by atoms with Crippen molar-refractivity contribution in [1.29, 1.82) is 0 Å². The summed E-state index contributed by atoms with van der Waals surface area (Å²) in [5.41, 5.74) is 1.15. The molecular formula is C11H15N3O3. The highest BCUT2D eigenvalue weighted by Gasteiger charge is 2.25. The average molecular weight is 237 g/mol. The molecule has 0 bridgehead atoms. The van der Waals surface area contributed by atoms with Gasteiger partial charge in [-0.3, -0.25) is 14.5 Å². The van der Waals surface area contributed by atoms with Crippen LogP contribution < -0.4 is 5.56 Å². The summed E-state index contributed by atoms with van der Waals surface area (Å²) in [5.74, 6) is -0.765. The van der Waals surface area contributed by atoms with Crippen LogP contribution >= 0.6 is 0 Å². The number of hydrogen-bond acceptors (Lipinski definition) is 4. The van der Waals surface area contributed by atoms with Crippen LogP contribution in [0.5, 0.6) is 0 Å². The fourth-order valence-corrected chi connectivity index (χ4v) is 1.93. The number of rotatable bonds is 3. The zero-order chi connectivity index (χ0) is 12.6. The van der Waals surface area contributed by atoms with E-state index in [0.717, 1.165) is 0 Å². The predicted octanol–water partition coefficient (Wildman–Crippen LogP) is 0.121. The number of carboxylic acids is 1. The summed E-state index contributed by atoms with van der Waals surface area (Å²) in [6.07, 6.45) is -0.246. The molecule has 1 aromatic heterocycles. The molecule has 17 heavy (non-hydrogen) atoms. The van der Waals surface area contributed by atoms with Crippen LogP contribution in [-0.2, 0) is 24.3 Å². The number of hydrogen-bond donors (Lipinski definition) is 2. The van der Waals surface area contributed by atoms with Crippen molar-refractivity contribution in [1.82, 2.24) is 14.9 Å². The first-order valence-electron chi connectivity index (χ1n) is 5.54. The molecule has 0 atom stereocenters. The molecule has 2 heterocycles. The second-order valence-electron chi connectivity index (χ2n) is 4.51. The van der Waals surface area contributed by atoms with Gasteiger partial charge in [0.2, 0.25) is 0 Å². The second kappa shape index (κ2) is 4.29. The quantitative estimate of drug-likeness (QED) is 0.779. The molecule has 6 nitrogen and oxygen atoms in total. The minimum Gasteiger partial charge on any atom is -0.481 e. The van der Waals surface area contributed by atoms with Gasteiger partial charge in [0.25, 0.3) is 5.56 Å². The fraction of sp³-hybridized carbons (Fsp3) is 0.545. The third kappa shape index (κ3) is 2.36. The largest absolute Gasteiger partial charge is 0.481 e. The molecule has 92 valence electrons. The maximum absolute atomic E-state index is 11.8. The first-order valence-corrected chi connectivity index (χ1v) is 5.54. The zero-order valence-corrected chi connectivity index (χ0v) is 9.86. The van der Waals surface area contributed by atoms with Crippen LogP contribution in [0.2, 0.25) is 0 Å². The maximum Gasteiger partial charge on any atom is 0.311 e. The van der Waals surface area contributed by atoms with E-state index in [1.807, 2.05) is 0 Å². The van der Waals surface area contributed by atoms with Crippen LogP contribution in [0.15, 0.2) is 4.79 Å². The molecule has 1 aliphatic rings. The molecule has 0 amide bonds. The molecule has 2 N–H and O–H groups in total. The molecule has 6 heteroatoms. The summed E-state index contributed by atoms with van der Waals surface area (Å²) in [5, 5.41) is 8.67. The molecule has 0 aliphatic carbocycles. The summed E-state index contributed by atoms with van der Waals surface area (Å²) in [4.78, 5) is 31.2. The van der Waals surface area contributed by atoms with Gasteiger partial charge < -0.3 is 10.1 Å². The number of H-pyrrole nitrogens is 1. The highest BCUT2D eigenvalue weighted by atomic mass is 16.4. The Kier molecular flexibility index (Phi) is 2.97. The maximum atomic E-state index is 11.8. The summed E-state index contributed by atoms with van der Waals surface area (Å²) in [6, 6.07) is 0.339. The SMILES string of the molecule is CC(C)N1Cc2nc(CC(=O)O)[nH]c(=O)c2C1. The lowest BCUT2D eigenvalue weighted by atomic mass is 10.2. The van der Waals surface area contributed by atoms with E-state index in [9.17, 15) is 9.59 Å². The molecular weight excluding hydrogens is 222 g/mol. The fourth-order valence-electron chi connectivity index (χ4n) is 1.93. The van der Waals surface area contributed by atoms with Gasteiger partial charge in [0.05, 0.1) is 11.3 Å². The standard InChI is InChI=1S/C11H15N3O3/c1-6(2)14-4-7-8(5-14)12-9(3-10(15)16)13-11(7)17/h6H,3-5H2,1-2H3,(H,15,16)(H,12,13,17). The van der Waals surface area contributed by atoms with Gasteiger partial charge in [-0.05, 0) is 13.8 Å². The second-order valence-corrected chi connectivity index (χ2v) is 4.51. The van der Waals surface area contributed by atoms with Crippen molar-refractivity contribution in [3.8, 4) is 0 Å². The van der Waals surface area contributed by atoms with E-state index in [2.05, 4.69) is 28.7 Å². The Morgan fingerprint density at radius 1 is 1.53 bits per heavy atom. The summed E-state index contributed by atoms with van der Waals surface area (Å²) < 4.78 is 0. The van der Waals surface area contributed by atoms with Crippen LogP contribution in [0, 0.1) is 0 Å². The van der Waals surface area contributed by atoms with Gasteiger partial charge >= 0.3 is 5.97 Å². The molecule has 0 aromatic carbocycles. The number of aromatic amines is 1. The lowest BCUT2D eigenvalue weighted by Gasteiger charge is -2.18. The highest BCUT2D eigenvalue weighted by Crippen LogP contribution is 2.19. The van der Waals surface area contributed by atoms with E-state index in [0.29, 0.717) is 30.4 Å². The molecule has 0 fully saturated rings. The van der Waals surface area contributed by atoms with Crippen LogP contribution in [0.3, 0.4) is 0 Å². The van der Waals surface area contributed by atoms with Crippen LogP contribution in [0.25, 0.3) is 0 Å². The average Bonchev–Trinajstić information content (AvgIpc) is 2.60. The number of aliphatic carboxylic acids is 1. The van der Waals surface area contributed by atoms with E-state index in [1.54, 1.807) is 0 Å². The van der Waals surface area contributed by atoms with Crippen LogP contribution in [-0.4, -0.2) is 32.0 Å². The van der Waals surface area contributed by atoms with Crippen molar-refractivity contribution in [2.45, 2.75) is 39.4 Å². The number of fused-ring (bicyclic) bond motifs is 1. The van der Waals surface area contributed by atoms with E-state index in [1.165, 1.54) is 0 Å². The van der Waals surface area contributed by atoms with Gasteiger partial charge in [0, 0.05) is 19.1 Å². The first kappa shape index (κ1) is 11.8. The lowest BCUT2D eigenvalue weighted by molar-refractivity contribution is -0.136. The van der Waals surface area contributed by atoms with Crippen molar-refractivity contribution < 1.29 is 9.90 Å². The molecule has 2 rings (SSSR count). The molecule has 0 spiro atoms. The molecule has 1 aromatic rings. The minimum absolute atomic E-state index is 0.214. The number of carboxylic acid groups (broad SMARTS) is 1. The Labute approximate surface area is 98.3 Å². The molecule has 0 saturated carbocycles.